The number of unbranched alkanes of at least 4 members (excludes halogenated alkanes) is 2. The van der Waals surface area contributed by atoms with Crippen molar-refractivity contribution in [3.05, 3.63) is 36.8 Å². The molecule has 0 aliphatic rings. The lowest BCUT2D eigenvalue weighted by Crippen LogP contribution is -2.32. The summed E-state index contributed by atoms with van der Waals surface area (Å²) in [7, 11) is 0. The minimum Gasteiger partial charge on any atom is -0.250 e. The van der Waals surface area contributed by atoms with Gasteiger partial charge in [0.25, 0.3) is 0 Å². The lowest BCUT2D eigenvalue weighted by molar-refractivity contribution is -0.696. The first kappa shape index (κ1) is 10.1. The van der Waals surface area contributed by atoms with Gasteiger partial charge in [-0.05, 0) is 12.5 Å². The van der Waals surface area contributed by atoms with Crippen LogP contribution in [0.1, 0.15) is 26.2 Å². The van der Waals surface area contributed by atoms with Crippen LogP contribution in [0.4, 0.5) is 0 Å². The van der Waals surface area contributed by atoms with E-state index in [1.165, 1.54) is 24.6 Å². The van der Waals surface area contributed by atoms with Gasteiger partial charge in [-0.2, -0.15) is 0 Å². The molecule has 0 atom stereocenters. The number of aryl methyl sites for hydroxylation is 1. The zero-order chi connectivity index (χ0) is 10.5. The fourth-order valence-electron chi connectivity index (χ4n) is 1.74. The summed E-state index contributed by atoms with van der Waals surface area (Å²) in [5.41, 5.74) is 1.08. The first-order valence-electron chi connectivity index (χ1n) is 5.64. The van der Waals surface area contributed by atoms with Crippen LogP contribution in [0.2, 0.25) is 0 Å². The Morgan fingerprint density at radius 2 is 2.20 bits per heavy atom. The van der Waals surface area contributed by atoms with Crippen LogP contribution < -0.4 is 4.57 Å². The van der Waals surface area contributed by atoms with E-state index in [1.807, 2.05) is 12.3 Å². The van der Waals surface area contributed by atoms with Crippen molar-refractivity contribution in [1.82, 2.24) is 4.98 Å². The number of hydrogen-bond acceptors (Lipinski definition) is 1. The number of fused-ring (bicyclic) bond motifs is 1. The Labute approximate surface area is 90.6 Å². The van der Waals surface area contributed by atoms with Crippen LogP contribution in [0.5, 0.6) is 0 Å². The maximum Gasteiger partial charge on any atom is 0.195 e. The van der Waals surface area contributed by atoms with Crippen LogP contribution in [0.25, 0.3) is 10.9 Å². The van der Waals surface area contributed by atoms with E-state index in [9.17, 15) is 0 Å². The average molecular weight is 201 g/mol. The molecule has 78 valence electrons. The summed E-state index contributed by atoms with van der Waals surface area (Å²) < 4.78 is 2.23. The second-order valence-corrected chi connectivity index (χ2v) is 3.87. The van der Waals surface area contributed by atoms with E-state index in [4.69, 9.17) is 0 Å². The SMILES string of the molecule is CCCCC[n+]1ccc2cccnc2c1. The molecule has 0 fully saturated rings. The number of hydrogen-bond donors (Lipinski definition) is 0. The molecular weight excluding hydrogens is 184 g/mol. The van der Waals surface area contributed by atoms with Crippen LogP contribution in [0, 0.1) is 0 Å². The molecule has 2 rings (SSSR count). The third kappa shape index (κ3) is 2.52. The van der Waals surface area contributed by atoms with Crippen LogP contribution >= 0.6 is 0 Å². The molecule has 2 heterocycles. The van der Waals surface area contributed by atoms with Crippen LogP contribution in [-0.4, -0.2) is 4.98 Å². The molecule has 0 aromatic carbocycles. The van der Waals surface area contributed by atoms with Gasteiger partial charge < -0.3 is 0 Å². The molecule has 15 heavy (non-hydrogen) atoms. The summed E-state index contributed by atoms with van der Waals surface area (Å²) in [5.74, 6) is 0. The normalized spacial score (nSPS) is 10.7. The fourth-order valence-corrected chi connectivity index (χ4v) is 1.74. The molecule has 0 N–H and O–H groups in total. The molecular formula is C13H17N2+. The Morgan fingerprint density at radius 1 is 1.27 bits per heavy atom. The lowest BCUT2D eigenvalue weighted by atomic mass is 10.2. The van der Waals surface area contributed by atoms with E-state index in [0.717, 1.165) is 12.1 Å². The van der Waals surface area contributed by atoms with Crippen molar-refractivity contribution in [1.29, 1.82) is 0 Å². The smallest absolute Gasteiger partial charge is 0.195 e. The summed E-state index contributed by atoms with van der Waals surface area (Å²) in [6.45, 7) is 3.33. The highest BCUT2D eigenvalue weighted by atomic mass is 14.9. The molecule has 0 radical (unpaired) electrons. The van der Waals surface area contributed by atoms with Gasteiger partial charge in [0.15, 0.2) is 12.4 Å². The van der Waals surface area contributed by atoms with Crippen molar-refractivity contribution >= 4 is 10.9 Å². The average Bonchev–Trinajstić information content (AvgIpc) is 2.29. The van der Waals surface area contributed by atoms with E-state index < -0.39 is 0 Å². The third-order valence-corrected chi connectivity index (χ3v) is 2.62. The Bertz CT molecular complexity index is 437. The van der Waals surface area contributed by atoms with Crippen molar-refractivity contribution in [2.75, 3.05) is 0 Å². The van der Waals surface area contributed by atoms with Gasteiger partial charge in [-0.15, -0.1) is 0 Å². The molecule has 2 nitrogen and oxygen atoms in total. The summed E-state index contributed by atoms with van der Waals surface area (Å²) in [6.07, 6.45) is 9.93. The van der Waals surface area contributed by atoms with Crippen LogP contribution in [0.15, 0.2) is 36.8 Å². The zero-order valence-electron chi connectivity index (χ0n) is 9.19. The van der Waals surface area contributed by atoms with E-state index >= 15 is 0 Å². The van der Waals surface area contributed by atoms with Crippen molar-refractivity contribution in [3.63, 3.8) is 0 Å². The second kappa shape index (κ2) is 4.87. The van der Waals surface area contributed by atoms with E-state index in [2.05, 4.69) is 41.0 Å². The first-order chi connectivity index (χ1) is 7.40. The topological polar surface area (TPSA) is 16.8 Å². The molecule has 0 saturated heterocycles. The van der Waals surface area contributed by atoms with Crippen molar-refractivity contribution in [3.8, 4) is 0 Å². The van der Waals surface area contributed by atoms with Crippen molar-refractivity contribution in [2.24, 2.45) is 0 Å². The monoisotopic (exact) mass is 201 g/mol. The minimum atomic E-state index is 1.08. The van der Waals surface area contributed by atoms with E-state index in [-0.39, 0.29) is 0 Å². The minimum absolute atomic E-state index is 1.08. The van der Waals surface area contributed by atoms with Crippen LogP contribution in [0.3, 0.4) is 0 Å². The third-order valence-electron chi connectivity index (χ3n) is 2.62. The Hall–Kier alpha value is -1.44. The molecule has 2 heteroatoms. The van der Waals surface area contributed by atoms with Crippen molar-refractivity contribution in [2.45, 2.75) is 32.7 Å². The van der Waals surface area contributed by atoms with E-state index in [0.29, 0.717) is 0 Å². The molecule has 0 spiro atoms. The molecule has 0 bridgehead atoms. The number of pyridine rings is 2. The van der Waals surface area contributed by atoms with Crippen LogP contribution in [-0.2, 0) is 6.54 Å². The summed E-state index contributed by atoms with van der Waals surface area (Å²) in [6, 6.07) is 6.21. The van der Waals surface area contributed by atoms with Gasteiger partial charge in [-0.25, -0.2) is 9.55 Å². The Morgan fingerprint density at radius 3 is 3.07 bits per heavy atom. The summed E-state index contributed by atoms with van der Waals surface area (Å²) in [5, 5.41) is 1.21. The molecule has 0 unspecified atom stereocenters. The second-order valence-electron chi connectivity index (χ2n) is 3.87. The van der Waals surface area contributed by atoms with Gasteiger partial charge in [0.2, 0.25) is 0 Å². The molecule has 0 amide bonds. The molecule has 2 aromatic heterocycles. The predicted octanol–water partition coefficient (Wildman–Crippen LogP) is 2.71. The standard InChI is InChI=1S/C13H17N2/c1-2-3-4-9-15-10-7-12-6-5-8-14-13(12)11-15/h5-8,10-11H,2-4,9H2,1H3/q+1. The quantitative estimate of drug-likeness (QED) is 0.549. The van der Waals surface area contributed by atoms with Crippen molar-refractivity contribution < 1.29 is 4.57 Å². The number of nitrogens with zero attached hydrogens (tertiary/aromatic N) is 2. The zero-order valence-corrected chi connectivity index (χ0v) is 9.19. The fraction of sp³-hybridized carbons (Fsp3) is 0.385. The maximum absolute atomic E-state index is 4.35. The molecule has 0 aliphatic carbocycles. The van der Waals surface area contributed by atoms with Gasteiger partial charge in [0.1, 0.15) is 12.1 Å². The maximum atomic E-state index is 4.35. The van der Waals surface area contributed by atoms with Gasteiger partial charge in [0, 0.05) is 24.1 Å². The van der Waals surface area contributed by atoms with E-state index in [1.54, 1.807) is 0 Å². The van der Waals surface area contributed by atoms with Gasteiger partial charge >= 0.3 is 0 Å². The van der Waals surface area contributed by atoms with Gasteiger partial charge in [-0.3, -0.25) is 0 Å². The Kier molecular flexibility index (Phi) is 3.28. The predicted molar refractivity (Wildman–Crippen MR) is 61.5 cm³/mol. The lowest BCUT2D eigenvalue weighted by Gasteiger charge is -1.98. The molecule has 2 aromatic rings. The molecule has 0 saturated carbocycles. The highest BCUT2D eigenvalue weighted by molar-refractivity contribution is 5.75. The van der Waals surface area contributed by atoms with Gasteiger partial charge in [-0.1, -0.05) is 19.4 Å². The number of aromatic nitrogens is 2. The number of rotatable bonds is 4. The summed E-state index contributed by atoms with van der Waals surface area (Å²) >= 11 is 0. The highest BCUT2D eigenvalue weighted by Crippen LogP contribution is 2.06. The van der Waals surface area contributed by atoms with Gasteiger partial charge in [0.05, 0.1) is 0 Å². The first-order valence-corrected chi connectivity index (χ1v) is 5.64. The highest BCUT2D eigenvalue weighted by Gasteiger charge is 2.02. The molecule has 0 aliphatic heterocycles. The Balaban J connectivity index is 2.16. The summed E-state index contributed by atoms with van der Waals surface area (Å²) in [4.78, 5) is 4.35. The largest absolute Gasteiger partial charge is 0.250 e.